The van der Waals surface area contributed by atoms with Crippen LogP contribution in [0.25, 0.3) is 10.2 Å². The number of fused-ring (bicyclic) bond motifs is 3. The quantitative estimate of drug-likeness (QED) is 0.629. The van der Waals surface area contributed by atoms with Gasteiger partial charge >= 0.3 is 0 Å². The molecule has 0 radical (unpaired) electrons. The van der Waals surface area contributed by atoms with Crippen molar-refractivity contribution < 1.29 is 9.18 Å². The number of hydrogen-bond acceptors (Lipinski definition) is 6. The minimum absolute atomic E-state index is 0.0196. The maximum atomic E-state index is 14.3. The topological polar surface area (TPSA) is 61.4 Å². The first-order valence-corrected chi connectivity index (χ1v) is 10.6. The van der Waals surface area contributed by atoms with Gasteiger partial charge in [0.25, 0.3) is 0 Å². The smallest absolute Gasteiger partial charge is 0.246 e. The molecule has 0 spiro atoms. The number of nitrogens with one attached hydrogen (secondary N) is 1. The fourth-order valence-corrected chi connectivity index (χ4v) is 4.73. The molecule has 0 atom stereocenters. The van der Waals surface area contributed by atoms with Gasteiger partial charge in [-0.05, 0) is 50.7 Å². The summed E-state index contributed by atoms with van der Waals surface area (Å²) in [4.78, 5) is 27.1. The molecule has 0 saturated carbocycles. The van der Waals surface area contributed by atoms with E-state index in [0.717, 1.165) is 39.2 Å². The van der Waals surface area contributed by atoms with E-state index in [9.17, 15) is 9.18 Å². The van der Waals surface area contributed by atoms with Crippen molar-refractivity contribution in [3.8, 4) is 0 Å². The minimum atomic E-state index is -0.313. The van der Waals surface area contributed by atoms with Crippen molar-refractivity contribution in [2.45, 2.75) is 19.9 Å². The highest BCUT2D eigenvalue weighted by Gasteiger charge is 2.25. The molecule has 8 heteroatoms. The summed E-state index contributed by atoms with van der Waals surface area (Å²) in [5, 5.41) is 4.06. The Labute approximate surface area is 179 Å². The zero-order valence-electron chi connectivity index (χ0n) is 17.3. The van der Waals surface area contributed by atoms with Crippen molar-refractivity contribution in [2.24, 2.45) is 0 Å². The Morgan fingerprint density at radius 1 is 1.37 bits per heavy atom. The third kappa shape index (κ3) is 4.20. The van der Waals surface area contributed by atoms with Crippen LogP contribution >= 0.6 is 11.3 Å². The molecular weight excluding hydrogens is 401 g/mol. The molecule has 4 rings (SSSR count). The Hall–Kier alpha value is -2.84. The van der Waals surface area contributed by atoms with E-state index in [1.165, 1.54) is 12.4 Å². The summed E-state index contributed by atoms with van der Waals surface area (Å²) in [6.07, 6.45) is 5.74. The van der Waals surface area contributed by atoms with Crippen molar-refractivity contribution in [1.82, 2.24) is 19.8 Å². The zero-order valence-corrected chi connectivity index (χ0v) is 18.1. The highest BCUT2D eigenvalue weighted by atomic mass is 32.1. The van der Waals surface area contributed by atoms with Gasteiger partial charge in [-0.2, -0.15) is 0 Å². The van der Waals surface area contributed by atoms with Crippen LogP contribution in [0.5, 0.6) is 0 Å². The molecule has 2 aromatic heterocycles. The molecule has 156 valence electrons. The minimum Gasteiger partial charge on any atom is -0.337 e. The molecule has 1 amide bonds. The summed E-state index contributed by atoms with van der Waals surface area (Å²) in [5.41, 5.74) is 2.40. The molecule has 6 nitrogen and oxygen atoms in total. The van der Waals surface area contributed by atoms with Gasteiger partial charge in [0.05, 0.1) is 17.6 Å². The predicted molar refractivity (Wildman–Crippen MR) is 119 cm³/mol. The summed E-state index contributed by atoms with van der Waals surface area (Å²) < 4.78 is 14.3. The summed E-state index contributed by atoms with van der Waals surface area (Å²) >= 11 is 1.57. The van der Waals surface area contributed by atoms with Crippen molar-refractivity contribution in [2.75, 3.05) is 32.5 Å². The first kappa shape index (κ1) is 20.4. The first-order valence-electron chi connectivity index (χ1n) is 9.81. The molecule has 1 aromatic carbocycles. The van der Waals surface area contributed by atoms with Gasteiger partial charge in [-0.1, -0.05) is 12.1 Å². The van der Waals surface area contributed by atoms with Gasteiger partial charge in [0.2, 0.25) is 5.91 Å². The summed E-state index contributed by atoms with van der Waals surface area (Å²) in [6.45, 7) is 3.78. The molecule has 1 aliphatic heterocycles. The second-order valence-corrected chi connectivity index (χ2v) is 8.77. The number of aromatic nitrogens is 2. The lowest BCUT2D eigenvalue weighted by molar-refractivity contribution is -0.126. The number of thiophene rings is 1. The maximum Gasteiger partial charge on any atom is 0.246 e. The van der Waals surface area contributed by atoms with Crippen LogP contribution in [-0.4, -0.2) is 52.9 Å². The SMILES string of the molecule is Cc1ccc(Nc2ncnc3sc4c(c23)CCN(C(=O)C=CCN(C)C)C4)c(F)c1. The third-order valence-corrected chi connectivity index (χ3v) is 6.18. The molecule has 0 bridgehead atoms. The fourth-order valence-electron chi connectivity index (χ4n) is 3.53. The van der Waals surface area contributed by atoms with E-state index >= 15 is 0 Å². The summed E-state index contributed by atoms with van der Waals surface area (Å²) in [7, 11) is 3.93. The van der Waals surface area contributed by atoms with E-state index in [-0.39, 0.29) is 11.7 Å². The molecule has 30 heavy (non-hydrogen) atoms. The van der Waals surface area contributed by atoms with Crippen LogP contribution < -0.4 is 5.32 Å². The van der Waals surface area contributed by atoms with E-state index in [0.29, 0.717) is 24.6 Å². The lowest BCUT2D eigenvalue weighted by Gasteiger charge is -2.26. The summed E-state index contributed by atoms with van der Waals surface area (Å²) in [5.74, 6) is 0.309. The number of nitrogens with zero attached hydrogens (tertiary/aromatic N) is 4. The van der Waals surface area contributed by atoms with Gasteiger partial charge in [-0.3, -0.25) is 4.79 Å². The van der Waals surface area contributed by atoms with Gasteiger partial charge < -0.3 is 15.1 Å². The van der Waals surface area contributed by atoms with E-state index in [1.54, 1.807) is 23.5 Å². The second-order valence-electron chi connectivity index (χ2n) is 7.69. The molecule has 3 aromatic rings. The van der Waals surface area contributed by atoms with E-state index in [2.05, 4.69) is 15.3 Å². The zero-order chi connectivity index (χ0) is 21.3. The third-order valence-electron chi connectivity index (χ3n) is 5.06. The van der Waals surface area contributed by atoms with Crippen LogP contribution in [0, 0.1) is 12.7 Å². The molecular formula is C22H24FN5OS. The highest BCUT2D eigenvalue weighted by Crippen LogP contribution is 2.38. The number of carbonyl (C=O) groups excluding carboxylic acids is 1. The number of likely N-dealkylation sites (N-methyl/N-ethyl adjacent to an activating group) is 1. The average Bonchev–Trinajstić information content (AvgIpc) is 3.08. The number of halogens is 1. The maximum absolute atomic E-state index is 14.3. The Balaban J connectivity index is 1.60. The highest BCUT2D eigenvalue weighted by molar-refractivity contribution is 7.19. The van der Waals surface area contributed by atoms with Gasteiger partial charge in [-0.15, -0.1) is 11.3 Å². The van der Waals surface area contributed by atoms with Gasteiger partial charge in [0.15, 0.2) is 0 Å². The van der Waals surface area contributed by atoms with Crippen LogP contribution in [-0.2, 0) is 17.8 Å². The van der Waals surface area contributed by atoms with Crippen molar-refractivity contribution >= 4 is 39.0 Å². The van der Waals surface area contributed by atoms with Gasteiger partial charge in [0.1, 0.15) is 22.8 Å². The standard InChI is InChI=1S/C22H24FN5OS/c1-14-6-7-17(16(23)11-14)26-21-20-15-8-10-28(19(29)5-4-9-27(2)3)12-18(15)30-22(20)25-13-24-21/h4-7,11,13H,8-10,12H2,1-3H3,(H,24,25,26). The lowest BCUT2D eigenvalue weighted by atomic mass is 10.0. The normalized spacial score (nSPS) is 14.0. The summed E-state index contributed by atoms with van der Waals surface area (Å²) in [6, 6.07) is 5.08. The Bertz CT molecular complexity index is 1120. The van der Waals surface area contributed by atoms with Crippen molar-refractivity contribution in [3.05, 3.63) is 58.5 Å². The molecule has 3 heterocycles. The number of anilines is 2. The molecule has 0 aliphatic carbocycles. The molecule has 0 unspecified atom stereocenters. The molecule has 0 saturated heterocycles. The van der Waals surface area contributed by atoms with E-state index in [4.69, 9.17) is 0 Å². The number of carbonyl (C=O) groups is 1. The van der Waals surface area contributed by atoms with Gasteiger partial charge in [0, 0.05) is 24.0 Å². The van der Waals surface area contributed by atoms with Crippen molar-refractivity contribution in [3.63, 3.8) is 0 Å². The van der Waals surface area contributed by atoms with E-state index in [1.807, 2.05) is 43.0 Å². The Morgan fingerprint density at radius 3 is 2.97 bits per heavy atom. The fraction of sp³-hybridized carbons (Fsp3) is 0.318. The van der Waals surface area contributed by atoms with Crippen LogP contribution in [0.15, 0.2) is 36.7 Å². The Morgan fingerprint density at radius 2 is 2.20 bits per heavy atom. The van der Waals surface area contributed by atoms with Crippen molar-refractivity contribution in [1.29, 1.82) is 0 Å². The number of benzene rings is 1. The monoisotopic (exact) mass is 425 g/mol. The number of rotatable bonds is 5. The van der Waals surface area contributed by atoms with Crippen LogP contribution in [0.4, 0.5) is 15.9 Å². The van der Waals surface area contributed by atoms with Gasteiger partial charge in [-0.25, -0.2) is 14.4 Å². The lowest BCUT2D eigenvalue weighted by Crippen LogP contribution is -2.34. The van der Waals surface area contributed by atoms with E-state index < -0.39 is 0 Å². The molecule has 0 fully saturated rings. The number of hydrogen-bond donors (Lipinski definition) is 1. The molecule has 1 aliphatic rings. The van der Waals surface area contributed by atoms with Crippen LogP contribution in [0.2, 0.25) is 0 Å². The predicted octanol–water partition coefficient (Wildman–Crippen LogP) is 3.88. The number of amides is 1. The second kappa shape index (κ2) is 8.49. The molecule has 1 N–H and O–H groups in total. The largest absolute Gasteiger partial charge is 0.337 e. The van der Waals surface area contributed by atoms with Crippen LogP contribution in [0.1, 0.15) is 16.0 Å². The van der Waals surface area contributed by atoms with Crippen LogP contribution in [0.3, 0.4) is 0 Å². The average molecular weight is 426 g/mol. The first-order chi connectivity index (χ1) is 14.4. The Kier molecular flexibility index (Phi) is 5.78. The number of aryl methyl sites for hydroxylation is 1.